The summed E-state index contributed by atoms with van der Waals surface area (Å²) < 4.78 is 29.8. The van der Waals surface area contributed by atoms with E-state index in [0.717, 1.165) is 5.56 Å². The summed E-state index contributed by atoms with van der Waals surface area (Å²) in [5.74, 6) is -0.592. The zero-order chi connectivity index (χ0) is 20.7. The van der Waals surface area contributed by atoms with Crippen LogP contribution in [0.15, 0.2) is 36.4 Å². The smallest absolute Gasteiger partial charge is 0.412 e. The van der Waals surface area contributed by atoms with Crippen LogP contribution in [-0.2, 0) is 11.2 Å². The van der Waals surface area contributed by atoms with Crippen LogP contribution in [0.25, 0.3) is 0 Å². The molecule has 0 spiro atoms. The molecule has 1 N–H and O–H groups in total. The Morgan fingerprint density at radius 2 is 1.75 bits per heavy atom. The van der Waals surface area contributed by atoms with Gasteiger partial charge in [-0.25, -0.2) is 9.18 Å². The van der Waals surface area contributed by atoms with Gasteiger partial charge in [-0.3, -0.25) is 10.1 Å². The van der Waals surface area contributed by atoms with Crippen LogP contribution >= 0.6 is 0 Å². The van der Waals surface area contributed by atoms with Gasteiger partial charge in [0.25, 0.3) is 0 Å². The molecular formula is C21H24FNO5. The number of methoxy groups -OCH3 is 1. The van der Waals surface area contributed by atoms with Gasteiger partial charge in [0, 0.05) is 12.1 Å². The Balaban J connectivity index is 1.90. The first kappa shape index (κ1) is 21.2. The Bertz CT molecular complexity index is 828. The molecule has 7 heteroatoms. The second kappa shape index (κ2) is 9.21. The summed E-state index contributed by atoms with van der Waals surface area (Å²) in [6.07, 6.45) is 0.399. The molecule has 28 heavy (non-hydrogen) atoms. The number of carbonyl (C=O) groups excluding carboxylic acids is 2. The third-order valence-corrected chi connectivity index (χ3v) is 3.69. The second-order valence-corrected chi connectivity index (χ2v) is 7.03. The Kier molecular flexibility index (Phi) is 6.98. The lowest BCUT2D eigenvalue weighted by Crippen LogP contribution is -2.27. The van der Waals surface area contributed by atoms with Crippen molar-refractivity contribution < 1.29 is 28.2 Å². The first-order chi connectivity index (χ1) is 13.2. The van der Waals surface area contributed by atoms with Crippen LogP contribution in [0.4, 0.5) is 14.9 Å². The van der Waals surface area contributed by atoms with E-state index in [4.69, 9.17) is 14.2 Å². The van der Waals surface area contributed by atoms with Crippen LogP contribution < -0.4 is 14.8 Å². The van der Waals surface area contributed by atoms with E-state index < -0.39 is 17.5 Å². The van der Waals surface area contributed by atoms with Gasteiger partial charge in [-0.1, -0.05) is 12.1 Å². The van der Waals surface area contributed by atoms with Crippen molar-refractivity contribution in [3.63, 3.8) is 0 Å². The quantitative estimate of drug-likeness (QED) is 0.700. The zero-order valence-corrected chi connectivity index (χ0v) is 16.4. The summed E-state index contributed by atoms with van der Waals surface area (Å²) in [5, 5.41) is 2.65. The SMILES string of the molecule is COc1ccc(OCCc2ccc(NC(=O)OC(C)(C)C)cc2)c(F)c1C=O. The number of aldehydes is 1. The number of hydrogen-bond donors (Lipinski definition) is 1. The fourth-order valence-electron chi connectivity index (χ4n) is 2.41. The van der Waals surface area contributed by atoms with Crippen molar-refractivity contribution in [2.75, 3.05) is 19.0 Å². The first-order valence-corrected chi connectivity index (χ1v) is 8.77. The third kappa shape index (κ3) is 5.97. The Labute approximate surface area is 163 Å². The van der Waals surface area contributed by atoms with E-state index in [-0.39, 0.29) is 23.7 Å². The number of hydrogen-bond acceptors (Lipinski definition) is 5. The number of nitrogens with one attached hydrogen (secondary N) is 1. The summed E-state index contributed by atoms with van der Waals surface area (Å²) >= 11 is 0. The maximum Gasteiger partial charge on any atom is 0.412 e. The molecule has 0 atom stereocenters. The second-order valence-electron chi connectivity index (χ2n) is 7.03. The van der Waals surface area contributed by atoms with Gasteiger partial charge in [0.2, 0.25) is 0 Å². The molecule has 0 saturated carbocycles. The van der Waals surface area contributed by atoms with Crippen molar-refractivity contribution in [2.24, 2.45) is 0 Å². The molecule has 0 fully saturated rings. The number of halogens is 1. The normalized spacial score (nSPS) is 10.9. The zero-order valence-electron chi connectivity index (χ0n) is 16.4. The van der Waals surface area contributed by atoms with Gasteiger partial charge in [0.1, 0.15) is 11.4 Å². The number of rotatable bonds is 7. The monoisotopic (exact) mass is 389 g/mol. The Morgan fingerprint density at radius 3 is 2.32 bits per heavy atom. The van der Waals surface area contributed by atoms with E-state index in [1.165, 1.54) is 19.2 Å². The molecule has 6 nitrogen and oxygen atoms in total. The van der Waals surface area contributed by atoms with Crippen LogP contribution in [0.5, 0.6) is 11.5 Å². The Hall–Kier alpha value is -3.09. The van der Waals surface area contributed by atoms with Crippen molar-refractivity contribution in [3.8, 4) is 11.5 Å². The van der Waals surface area contributed by atoms with Crippen molar-refractivity contribution in [3.05, 3.63) is 53.3 Å². The highest BCUT2D eigenvalue weighted by molar-refractivity contribution is 5.84. The van der Waals surface area contributed by atoms with Gasteiger partial charge < -0.3 is 14.2 Å². The summed E-state index contributed by atoms with van der Waals surface area (Å²) in [5.41, 5.74) is 0.814. The lowest BCUT2D eigenvalue weighted by atomic mass is 10.1. The van der Waals surface area contributed by atoms with Crippen molar-refractivity contribution in [2.45, 2.75) is 32.8 Å². The fraction of sp³-hybridized carbons (Fsp3) is 0.333. The molecular weight excluding hydrogens is 365 g/mol. The Morgan fingerprint density at radius 1 is 1.11 bits per heavy atom. The molecule has 2 aromatic rings. The predicted molar refractivity (Wildman–Crippen MR) is 104 cm³/mol. The molecule has 2 rings (SSSR count). The number of amides is 1. The van der Waals surface area contributed by atoms with Gasteiger partial charge >= 0.3 is 6.09 Å². The fourth-order valence-corrected chi connectivity index (χ4v) is 2.41. The topological polar surface area (TPSA) is 73.9 Å². The molecule has 0 aliphatic rings. The number of anilines is 1. The maximum atomic E-state index is 14.2. The minimum atomic E-state index is -0.744. The molecule has 150 valence electrons. The van der Waals surface area contributed by atoms with Crippen LogP contribution in [0, 0.1) is 5.82 Å². The van der Waals surface area contributed by atoms with E-state index >= 15 is 0 Å². The highest BCUT2D eigenvalue weighted by atomic mass is 19.1. The molecule has 0 bridgehead atoms. The summed E-state index contributed by atoms with van der Waals surface area (Å²) in [6, 6.07) is 10.1. The number of ether oxygens (including phenoxy) is 3. The molecule has 0 saturated heterocycles. The van der Waals surface area contributed by atoms with E-state index in [1.54, 1.807) is 32.9 Å². The van der Waals surface area contributed by atoms with Crippen LogP contribution in [-0.4, -0.2) is 31.7 Å². The van der Waals surface area contributed by atoms with Crippen LogP contribution in [0.2, 0.25) is 0 Å². The average molecular weight is 389 g/mol. The first-order valence-electron chi connectivity index (χ1n) is 8.77. The molecule has 1 amide bonds. The van der Waals surface area contributed by atoms with Crippen LogP contribution in [0.3, 0.4) is 0 Å². The molecule has 0 heterocycles. The number of benzene rings is 2. The predicted octanol–water partition coefficient (Wildman–Crippen LogP) is 4.62. The molecule has 0 aromatic heterocycles. The largest absolute Gasteiger partial charge is 0.496 e. The minimum absolute atomic E-state index is 0.00823. The van der Waals surface area contributed by atoms with Crippen molar-refractivity contribution in [1.29, 1.82) is 0 Å². The van der Waals surface area contributed by atoms with E-state index in [0.29, 0.717) is 18.4 Å². The van der Waals surface area contributed by atoms with Crippen LogP contribution in [0.1, 0.15) is 36.7 Å². The van der Waals surface area contributed by atoms with Gasteiger partial charge in [-0.05, 0) is 50.6 Å². The highest BCUT2D eigenvalue weighted by Gasteiger charge is 2.16. The standard InChI is InChI=1S/C21H24FNO5/c1-21(2,3)28-20(25)23-15-7-5-14(6-8-15)11-12-27-18-10-9-17(26-4)16(13-24)19(18)22/h5-10,13H,11-12H2,1-4H3,(H,23,25). The van der Waals surface area contributed by atoms with Gasteiger partial charge in [0.05, 0.1) is 19.3 Å². The van der Waals surface area contributed by atoms with Crippen molar-refractivity contribution in [1.82, 2.24) is 0 Å². The highest BCUT2D eigenvalue weighted by Crippen LogP contribution is 2.27. The summed E-state index contributed by atoms with van der Waals surface area (Å²) in [7, 11) is 1.36. The number of carbonyl (C=O) groups is 2. The van der Waals surface area contributed by atoms with E-state index in [9.17, 15) is 14.0 Å². The maximum absolute atomic E-state index is 14.2. The summed E-state index contributed by atoms with van der Waals surface area (Å²) in [6.45, 7) is 5.60. The van der Waals surface area contributed by atoms with Gasteiger partial charge in [0.15, 0.2) is 17.9 Å². The average Bonchev–Trinajstić information content (AvgIpc) is 2.62. The van der Waals surface area contributed by atoms with Gasteiger partial charge in [-0.2, -0.15) is 0 Å². The lowest BCUT2D eigenvalue weighted by molar-refractivity contribution is 0.0635. The van der Waals surface area contributed by atoms with E-state index in [1.807, 2.05) is 12.1 Å². The van der Waals surface area contributed by atoms with Gasteiger partial charge in [-0.15, -0.1) is 0 Å². The molecule has 0 unspecified atom stereocenters. The molecule has 0 aliphatic heterocycles. The lowest BCUT2D eigenvalue weighted by Gasteiger charge is -2.19. The minimum Gasteiger partial charge on any atom is -0.496 e. The molecule has 0 aliphatic carbocycles. The van der Waals surface area contributed by atoms with Crippen molar-refractivity contribution >= 4 is 18.1 Å². The van der Waals surface area contributed by atoms with E-state index in [2.05, 4.69) is 5.32 Å². The summed E-state index contributed by atoms with van der Waals surface area (Å²) in [4.78, 5) is 22.8. The molecule has 2 aromatic carbocycles. The molecule has 0 radical (unpaired) electrons. The third-order valence-electron chi connectivity index (χ3n) is 3.69.